The molecule has 0 saturated carbocycles. The Hall–Kier alpha value is -3.16. The van der Waals surface area contributed by atoms with Crippen molar-refractivity contribution in [3.05, 3.63) is 58.6 Å². The van der Waals surface area contributed by atoms with Gasteiger partial charge in [-0.2, -0.15) is 4.98 Å². The van der Waals surface area contributed by atoms with Gasteiger partial charge < -0.3 is 19.4 Å². The van der Waals surface area contributed by atoms with Crippen LogP contribution in [-0.2, 0) is 13.6 Å². The molecule has 0 unspecified atom stereocenters. The quantitative estimate of drug-likeness (QED) is 0.737. The second-order valence-corrected chi connectivity index (χ2v) is 4.64. The van der Waals surface area contributed by atoms with Crippen LogP contribution in [-0.4, -0.2) is 25.6 Å². The second kappa shape index (κ2) is 5.68. The Morgan fingerprint density at radius 3 is 3.05 bits per heavy atom. The summed E-state index contributed by atoms with van der Waals surface area (Å²) in [6.07, 6.45) is 3.29. The molecule has 0 fully saturated rings. The molecular formula is C14H13N5O3. The molecular weight excluding hydrogens is 286 g/mol. The van der Waals surface area contributed by atoms with E-state index in [1.54, 1.807) is 36.0 Å². The predicted octanol–water partition coefficient (Wildman–Crippen LogP) is 0.693. The van der Waals surface area contributed by atoms with Crippen LogP contribution >= 0.6 is 0 Å². The van der Waals surface area contributed by atoms with Crippen LogP contribution < -0.4 is 10.9 Å². The number of amides is 1. The number of carbonyl (C=O) groups excluding carboxylic acids is 1. The first kappa shape index (κ1) is 13.8. The SMILES string of the molecule is Cn1cccc1C(=O)NCc1nc(-c2cc[nH]c(=O)c2)no1. The van der Waals surface area contributed by atoms with Crippen molar-refractivity contribution in [2.75, 3.05) is 0 Å². The van der Waals surface area contributed by atoms with Gasteiger partial charge in [0.05, 0.1) is 6.54 Å². The van der Waals surface area contributed by atoms with Gasteiger partial charge in [-0.05, 0) is 18.2 Å². The highest BCUT2D eigenvalue weighted by molar-refractivity contribution is 5.92. The van der Waals surface area contributed by atoms with Crippen molar-refractivity contribution < 1.29 is 9.32 Å². The van der Waals surface area contributed by atoms with Crippen molar-refractivity contribution in [3.63, 3.8) is 0 Å². The fraction of sp³-hybridized carbons (Fsp3) is 0.143. The van der Waals surface area contributed by atoms with Crippen LogP contribution in [0.25, 0.3) is 11.4 Å². The lowest BCUT2D eigenvalue weighted by atomic mass is 10.2. The zero-order chi connectivity index (χ0) is 15.5. The van der Waals surface area contributed by atoms with E-state index in [9.17, 15) is 9.59 Å². The van der Waals surface area contributed by atoms with Crippen LogP contribution in [0.1, 0.15) is 16.4 Å². The largest absolute Gasteiger partial charge is 0.347 e. The van der Waals surface area contributed by atoms with Gasteiger partial charge in [0.25, 0.3) is 5.91 Å². The van der Waals surface area contributed by atoms with Crippen LogP contribution in [0.4, 0.5) is 0 Å². The number of pyridine rings is 1. The van der Waals surface area contributed by atoms with Gasteiger partial charge in [0, 0.05) is 31.1 Å². The molecule has 0 aliphatic carbocycles. The lowest BCUT2D eigenvalue weighted by Gasteiger charge is -2.03. The smallest absolute Gasteiger partial charge is 0.268 e. The summed E-state index contributed by atoms with van der Waals surface area (Å²) in [5.41, 5.74) is 0.836. The minimum absolute atomic E-state index is 0.111. The number of carbonyl (C=O) groups is 1. The Kier molecular flexibility index (Phi) is 3.57. The van der Waals surface area contributed by atoms with Gasteiger partial charge in [-0.15, -0.1) is 0 Å². The molecule has 0 aromatic carbocycles. The molecule has 112 valence electrons. The molecule has 22 heavy (non-hydrogen) atoms. The number of nitrogens with one attached hydrogen (secondary N) is 2. The molecule has 0 atom stereocenters. The molecule has 3 heterocycles. The van der Waals surface area contributed by atoms with Crippen molar-refractivity contribution in [2.45, 2.75) is 6.54 Å². The Labute approximate surface area is 124 Å². The van der Waals surface area contributed by atoms with Crippen LogP contribution in [0.5, 0.6) is 0 Å². The average Bonchev–Trinajstić information content (AvgIpc) is 3.14. The number of aromatic amines is 1. The van der Waals surface area contributed by atoms with Crippen LogP contribution in [0, 0.1) is 0 Å². The van der Waals surface area contributed by atoms with E-state index in [2.05, 4.69) is 20.4 Å². The monoisotopic (exact) mass is 299 g/mol. The third kappa shape index (κ3) is 2.80. The standard InChI is InChI=1S/C14H13N5O3/c1-19-6-2-3-10(19)14(21)16-8-12-17-13(18-22-12)9-4-5-15-11(20)7-9/h2-7H,8H2,1H3,(H,15,20)(H,16,21). The second-order valence-electron chi connectivity index (χ2n) is 4.64. The summed E-state index contributed by atoms with van der Waals surface area (Å²) in [6.45, 7) is 0.111. The Morgan fingerprint density at radius 1 is 1.45 bits per heavy atom. The Bertz CT molecular complexity index is 861. The van der Waals surface area contributed by atoms with E-state index in [1.165, 1.54) is 12.3 Å². The fourth-order valence-electron chi connectivity index (χ4n) is 1.97. The van der Waals surface area contributed by atoms with E-state index in [0.29, 0.717) is 17.1 Å². The first-order valence-corrected chi connectivity index (χ1v) is 6.55. The average molecular weight is 299 g/mol. The molecule has 0 aliphatic heterocycles. The molecule has 0 spiro atoms. The molecule has 0 radical (unpaired) electrons. The maximum atomic E-state index is 12.0. The molecule has 1 amide bonds. The minimum Gasteiger partial charge on any atom is -0.347 e. The fourth-order valence-corrected chi connectivity index (χ4v) is 1.97. The molecule has 2 N–H and O–H groups in total. The highest BCUT2D eigenvalue weighted by atomic mass is 16.5. The topological polar surface area (TPSA) is 106 Å². The molecule has 8 heteroatoms. The zero-order valence-electron chi connectivity index (χ0n) is 11.7. The van der Waals surface area contributed by atoms with Gasteiger partial charge >= 0.3 is 0 Å². The summed E-state index contributed by atoms with van der Waals surface area (Å²) < 4.78 is 6.78. The van der Waals surface area contributed by atoms with Crippen LogP contribution in [0.2, 0.25) is 0 Å². The molecule has 8 nitrogen and oxygen atoms in total. The summed E-state index contributed by atoms with van der Waals surface area (Å²) in [4.78, 5) is 29.9. The predicted molar refractivity (Wildman–Crippen MR) is 76.9 cm³/mol. The summed E-state index contributed by atoms with van der Waals surface area (Å²) in [6, 6.07) is 6.53. The van der Waals surface area contributed by atoms with Gasteiger partial charge in [-0.1, -0.05) is 5.16 Å². The highest BCUT2D eigenvalue weighted by Gasteiger charge is 2.12. The van der Waals surface area contributed by atoms with E-state index in [4.69, 9.17) is 4.52 Å². The zero-order valence-corrected chi connectivity index (χ0v) is 11.7. The highest BCUT2D eigenvalue weighted by Crippen LogP contribution is 2.12. The maximum absolute atomic E-state index is 12.0. The maximum Gasteiger partial charge on any atom is 0.268 e. The number of hydrogen-bond donors (Lipinski definition) is 2. The summed E-state index contributed by atoms with van der Waals surface area (Å²) in [5, 5.41) is 6.48. The number of rotatable bonds is 4. The number of aromatic nitrogens is 4. The van der Waals surface area contributed by atoms with Crippen molar-refractivity contribution >= 4 is 5.91 Å². The first-order valence-electron chi connectivity index (χ1n) is 6.55. The van der Waals surface area contributed by atoms with Gasteiger partial charge in [0.2, 0.25) is 17.3 Å². The third-order valence-electron chi connectivity index (χ3n) is 3.08. The summed E-state index contributed by atoms with van der Waals surface area (Å²) >= 11 is 0. The van der Waals surface area contributed by atoms with E-state index >= 15 is 0 Å². The third-order valence-corrected chi connectivity index (χ3v) is 3.08. The van der Waals surface area contributed by atoms with Gasteiger partial charge in [-0.3, -0.25) is 9.59 Å². The van der Waals surface area contributed by atoms with E-state index in [0.717, 1.165) is 0 Å². The molecule has 0 aliphatic rings. The van der Waals surface area contributed by atoms with E-state index in [-0.39, 0.29) is 23.9 Å². The molecule has 0 bridgehead atoms. The normalized spacial score (nSPS) is 10.6. The van der Waals surface area contributed by atoms with Gasteiger partial charge in [0.1, 0.15) is 5.69 Å². The summed E-state index contributed by atoms with van der Waals surface area (Å²) in [7, 11) is 1.78. The first-order chi connectivity index (χ1) is 10.6. The number of nitrogens with zero attached hydrogens (tertiary/aromatic N) is 3. The minimum atomic E-state index is -0.249. The van der Waals surface area contributed by atoms with Gasteiger partial charge in [-0.25, -0.2) is 0 Å². The number of hydrogen-bond acceptors (Lipinski definition) is 5. The van der Waals surface area contributed by atoms with Gasteiger partial charge in [0.15, 0.2) is 0 Å². The Morgan fingerprint density at radius 2 is 2.32 bits per heavy atom. The van der Waals surface area contributed by atoms with E-state index < -0.39 is 0 Å². The molecule has 3 aromatic heterocycles. The van der Waals surface area contributed by atoms with Crippen molar-refractivity contribution in [2.24, 2.45) is 7.05 Å². The van der Waals surface area contributed by atoms with Crippen molar-refractivity contribution in [3.8, 4) is 11.4 Å². The molecule has 3 rings (SSSR count). The van der Waals surface area contributed by atoms with Crippen LogP contribution in [0.15, 0.2) is 46.0 Å². The number of H-pyrrole nitrogens is 1. The van der Waals surface area contributed by atoms with Crippen molar-refractivity contribution in [1.29, 1.82) is 0 Å². The lowest BCUT2D eigenvalue weighted by Crippen LogP contribution is -2.24. The Balaban J connectivity index is 1.69. The van der Waals surface area contributed by atoms with Crippen LogP contribution in [0.3, 0.4) is 0 Å². The van der Waals surface area contributed by atoms with E-state index in [1.807, 2.05) is 0 Å². The number of aryl methyl sites for hydroxylation is 1. The lowest BCUT2D eigenvalue weighted by molar-refractivity contribution is 0.0938. The molecule has 3 aromatic rings. The van der Waals surface area contributed by atoms with Crippen molar-refractivity contribution in [1.82, 2.24) is 25.0 Å². The molecule has 0 saturated heterocycles. The summed E-state index contributed by atoms with van der Waals surface area (Å²) in [5.74, 6) is 0.329.